The van der Waals surface area contributed by atoms with Crippen LogP contribution in [0.3, 0.4) is 0 Å². The van der Waals surface area contributed by atoms with E-state index in [4.69, 9.17) is 0 Å². The van der Waals surface area contributed by atoms with E-state index in [9.17, 15) is 14.0 Å². The Morgan fingerprint density at radius 1 is 1.36 bits per heavy atom. The topological polar surface area (TPSA) is 70.2 Å². The van der Waals surface area contributed by atoms with E-state index in [0.29, 0.717) is 18.0 Å². The van der Waals surface area contributed by atoms with Crippen LogP contribution in [0.2, 0.25) is 0 Å². The Balaban J connectivity index is 0.00000242. The molecular formula is C15H21ClFN3O2. The molecule has 122 valence electrons. The maximum absolute atomic E-state index is 13.7. The van der Waals surface area contributed by atoms with Gasteiger partial charge in [0, 0.05) is 19.0 Å². The first-order chi connectivity index (χ1) is 10.0. The second-order valence-corrected chi connectivity index (χ2v) is 5.32. The van der Waals surface area contributed by atoms with Crippen molar-refractivity contribution < 1.29 is 14.0 Å². The fraction of sp³-hybridized carbons (Fsp3) is 0.467. The lowest BCUT2D eigenvalue weighted by atomic mass is 10.0. The van der Waals surface area contributed by atoms with Crippen LogP contribution in [0.15, 0.2) is 18.2 Å². The molecule has 1 heterocycles. The van der Waals surface area contributed by atoms with E-state index in [1.807, 2.05) is 0 Å². The normalized spacial score (nSPS) is 16.7. The summed E-state index contributed by atoms with van der Waals surface area (Å²) in [6.45, 7) is 3.32. The Labute approximate surface area is 135 Å². The summed E-state index contributed by atoms with van der Waals surface area (Å²) in [6, 6.07) is 4.10. The molecule has 0 aromatic heterocycles. The van der Waals surface area contributed by atoms with Gasteiger partial charge in [-0.15, -0.1) is 12.4 Å². The van der Waals surface area contributed by atoms with E-state index in [2.05, 4.69) is 16.0 Å². The zero-order valence-electron chi connectivity index (χ0n) is 12.4. The van der Waals surface area contributed by atoms with Crippen molar-refractivity contribution in [3.8, 4) is 0 Å². The van der Waals surface area contributed by atoms with Gasteiger partial charge in [0.2, 0.25) is 11.8 Å². The fourth-order valence-corrected chi connectivity index (χ4v) is 2.41. The molecule has 7 heteroatoms. The summed E-state index contributed by atoms with van der Waals surface area (Å²) >= 11 is 0. The lowest BCUT2D eigenvalue weighted by Crippen LogP contribution is -2.16. The van der Waals surface area contributed by atoms with Gasteiger partial charge in [-0.25, -0.2) is 4.39 Å². The van der Waals surface area contributed by atoms with E-state index in [0.717, 1.165) is 25.9 Å². The third-order valence-electron chi connectivity index (χ3n) is 3.50. The predicted octanol–water partition coefficient (Wildman–Crippen LogP) is 2.53. The van der Waals surface area contributed by atoms with Crippen molar-refractivity contribution in [2.45, 2.75) is 26.2 Å². The molecular weight excluding hydrogens is 309 g/mol. The molecule has 1 aromatic rings. The van der Waals surface area contributed by atoms with E-state index < -0.39 is 5.82 Å². The molecule has 2 rings (SSSR count). The minimum absolute atomic E-state index is 0. The van der Waals surface area contributed by atoms with E-state index in [-0.39, 0.29) is 29.9 Å². The average Bonchev–Trinajstić information content (AvgIpc) is 2.93. The Hall–Kier alpha value is -1.66. The van der Waals surface area contributed by atoms with Crippen molar-refractivity contribution in [1.82, 2.24) is 5.32 Å². The molecule has 0 aliphatic carbocycles. The summed E-state index contributed by atoms with van der Waals surface area (Å²) in [5, 5.41) is 8.37. The number of carbonyl (C=O) groups is 2. The molecule has 1 unspecified atom stereocenters. The SMILES string of the molecule is CC(=O)Nc1ccc(F)c(NC(=O)CCC2CCNC2)c1.Cl. The second kappa shape index (κ2) is 8.70. The number of halogens is 2. The van der Waals surface area contributed by atoms with Gasteiger partial charge in [-0.3, -0.25) is 9.59 Å². The minimum Gasteiger partial charge on any atom is -0.326 e. The molecule has 2 amide bonds. The first kappa shape index (κ1) is 18.4. The summed E-state index contributed by atoms with van der Waals surface area (Å²) in [5.74, 6) is -0.445. The Bertz CT molecular complexity index is 534. The van der Waals surface area contributed by atoms with Crippen molar-refractivity contribution in [2.24, 2.45) is 5.92 Å². The molecule has 22 heavy (non-hydrogen) atoms. The quantitative estimate of drug-likeness (QED) is 0.777. The summed E-state index contributed by atoms with van der Waals surface area (Å²) in [4.78, 5) is 22.9. The maximum Gasteiger partial charge on any atom is 0.224 e. The highest BCUT2D eigenvalue weighted by atomic mass is 35.5. The number of anilines is 2. The van der Waals surface area contributed by atoms with Crippen LogP contribution >= 0.6 is 12.4 Å². The predicted molar refractivity (Wildman–Crippen MR) is 86.8 cm³/mol. The fourth-order valence-electron chi connectivity index (χ4n) is 2.41. The summed E-state index contributed by atoms with van der Waals surface area (Å²) in [6.07, 6.45) is 2.25. The van der Waals surface area contributed by atoms with Gasteiger partial charge in [0.1, 0.15) is 5.82 Å². The van der Waals surface area contributed by atoms with Crippen LogP contribution in [0.4, 0.5) is 15.8 Å². The number of rotatable bonds is 5. The standard InChI is InChI=1S/C15H20FN3O2.ClH/c1-10(20)18-12-3-4-13(16)14(8-12)19-15(21)5-2-11-6-7-17-9-11;/h3-4,8,11,17H,2,5-7,9H2,1H3,(H,18,20)(H,19,21);1H. The van der Waals surface area contributed by atoms with Gasteiger partial charge in [0.05, 0.1) is 5.69 Å². The molecule has 0 saturated carbocycles. The Morgan fingerprint density at radius 2 is 2.14 bits per heavy atom. The summed E-state index contributed by atoms with van der Waals surface area (Å²) < 4.78 is 13.7. The Morgan fingerprint density at radius 3 is 2.77 bits per heavy atom. The van der Waals surface area contributed by atoms with Crippen molar-refractivity contribution in [3.05, 3.63) is 24.0 Å². The lowest BCUT2D eigenvalue weighted by Gasteiger charge is -2.11. The summed E-state index contributed by atoms with van der Waals surface area (Å²) in [7, 11) is 0. The van der Waals surface area contributed by atoms with Gasteiger partial charge < -0.3 is 16.0 Å². The van der Waals surface area contributed by atoms with Crippen LogP contribution in [0.25, 0.3) is 0 Å². The Kier molecular flexibility index (Phi) is 7.27. The highest BCUT2D eigenvalue weighted by Crippen LogP contribution is 2.21. The average molecular weight is 330 g/mol. The van der Waals surface area contributed by atoms with Gasteiger partial charge in [-0.1, -0.05) is 0 Å². The third-order valence-corrected chi connectivity index (χ3v) is 3.50. The maximum atomic E-state index is 13.7. The molecule has 3 N–H and O–H groups in total. The van der Waals surface area contributed by atoms with Crippen LogP contribution < -0.4 is 16.0 Å². The van der Waals surface area contributed by atoms with Gasteiger partial charge in [-0.05, 0) is 50.0 Å². The molecule has 1 atom stereocenters. The van der Waals surface area contributed by atoms with Crippen LogP contribution in [0.1, 0.15) is 26.2 Å². The number of hydrogen-bond acceptors (Lipinski definition) is 3. The molecule has 0 radical (unpaired) electrons. The third kappa shape index (κ3) is 5.61. The number of carbonyl (C=O) groups excluding carboxylic acids is 2. The molecule has 5 nitrogen and oxygen atoms in total. The molecule has 0 spiro atoms. The van der Waals surface area contributed by atoms with Crippen molar-refractivity contribution >= 4 is 35.6 Å². The number of hydrogen-bond donors (Lipinski definition) is 3. The minimum atomic E-state index is -0.514. The van der Waals surface area contributed by atoms with Crippen molar-refractivity contribution in [3.63, 3.8) is 0 Å². The van der Waals surface area contributed by atoms with Crippen molar-refractivity contribution in [1.29, 1.82) is 0 Å². The van der Waals surface area contributed by atoms with Crippen LogP contribution in [-0.2, 0) is 9.59 Å². The second-order valence-electron chi connectivity index (χ2n) is 5.32. The van der Waals surface area contributed by atoms with Gasteiger partial charge in [0.15, 0.2) is 0 Å². The molecule has 1 aliphatic rings. The number of nitrogens with one attached hydrogen (secondary N) is 3. The van der Waals surface area contributed by atoms with Gasteiger partial charge >= 0.3 is 0 Å². The smallest absolute Gasteiger partial charge is 0.224 e. The van der Waals surface area contributed by atoms with Gasteiger partial charge in [-0.2, -0.15) is 0 Å². The number of benzene rings is 1. The van der Waals surface area contributed by atoms with Crippen molar-refractivity contribution in [2.75, 3.05) is 23.7 Å². The highest BCUT2D eigenvalue weighted by molar-refractivity contribution is 5.93. The highest BCUT2D eigenvalue weighted by Gasteiger charge is 2.16. The van der Waals surface area contributed by atoms with Crippen LogP contribution in [0.5, 0.6) is 0 Å². The van der Waals surface area contributed by atoms with Gasteiger partial charge in [0.25, 0.3) is 0 Å². The number of amides is 2. The zero-order chi connectivity index (χ0) is 15.2. The van der Waals surface area contributed by atoms with E-state index >= 15 is 0 Å². The zero-order valence-corrected chi connectivity index (χ0v) is 13.3. The first-order valence-corrected chi connectivity index (χ1v) is 7.12. The molecule has 0 bridgehead atoms. The monoisotopic (exact) mass is 329 g/mol. The van der Waals surface area contributed by atoms with E-state index in [1.165, 1.54) is 25.1 Å². The molecule has 1 fully saturated rings. The molecule has 1 aromatic carbocycles. The molecule has 1 aliphatic heterocycles. The van der Waals surface area contributed by atoms with Crippen LogP contribution in [0, 0.1) is 11.7 Å². The lowest BCUT2D eigenvalue weighted by molar-refractivity contribution is -0.116. The van der Waals surface area contributed by atoms with Crippen LogP contribution in [-0.4, -0.2) is 24.9 Å². The first-order valence-electron chi connectivity index (χ1n) is 7.12. The van der Waals surface area contributed by atoms with E-state index in [1.54, 1.807) is 0 Å². The molecule has 1 saturated heterocycles. The summed E-state index contributed by atoms with van der Waals surface area (Å²) in [5.41, 5.74) is 0.551. The largest absolute Gasteiger partial charge is 0.326 e.